The molecule has 0 saturated carbocycles. The fourth-order valence-electron chi connectivity index (χ4n) is 0.837. The van der Waals surface area contributed by atoms with Crippen molar-refractivity contribution in [1.29, 1.82) is 0 Å². The molecule has 1 atom stereocenters. The van der Waals surface area contributed by atoms with Gasteiger partial charge in [-0.15, -0.1) is 0 Å². The Bertz CT molecular complexity index is 187. The van der Waals surface area contributed by atoms with Crippen LogP contribution < -0.4 is 5.14 Å². The van der Waals surface area contributed by atoms with Gasteiger partial charge in [0.05, 0.1) is 5.75 Å². The molecule has 0 aromatic rings. The monoisotopic (exact) mass is 179 g/mol. The topological polar surface area (TPSA) is 60.2 Å². The summed E-state index contributed by atoms with van der Waals surface area (Å²) in [5, 5.41) is 4.84. The van der Waals surface area contributed by atoms with Crippen molar-refractivity contribution in [2.45, 2.75) is 33.1 Å². The van der Waals surface area contributed by atoms with Gasteiger partial charge in [-0.2, -0.15) is 0 Å². The van der Waals surface area contributed by atoms with Gasteiger partial charge in [-0.05, 0) is 18.8 Å². The van der Waals surface area contributed by atoms with Gasteiger partial charge in [0, 0.05) is 0 Å². The van der Waals surface area contributed by atoms with Crippen molar-refractivity contribution >= 4 is 10.0 Å². The highest BCUT2D eigenvalue weighted by Crippen LogP contribution is 2.09. The van der Waals surface area contributed by atoms with Gasteiger partial charge in [0.25, 0.3) is 0 Å². The molecule has 0 aliphatic heterocycles. The van der Waals surface area contributed by atoms with Crippen molar-refractivity contribution in [3.63, 3.8) is 0 Å². The van der Waals surface area contributed by atoms with E-state index in [1.165, 1.54) is 0 Å². The first-order chi connectivity index (χ1) is 4.95. The van der Waals surface area contributed by atoms with Gasteiger partial charge >= 0.3 is 0 Å². The molecule has 0 spiro atoms. The zero-order chi connectivity index (χ0) is 8.91. The second-order valence-electron chi connectivity index (χ2n) is 3.02. The quantitative estimate of drug-likeness (QED) is 0.687. The van der Waals surface area contributed by atoms with Gasteiger partial charge in [0.1, 0.15) is 0 Å². The van der Waals surface area contributed by atoms with Gasteiger partial charge in [-0.3, -0.25) is 0 Å². The van der Waals surface area contributed by atoms with E-state index in [0.29, 0.717) is 12.3 Å². The van der Waals surface area contributed by atoms with Crippen LogP contribution in [0.5, 0.6) is 0 Å². The molecule has 0 fully saturated rings. The molecule has 0 aliphatic rings. The summed E-state index contributed by atoms with van der Waals surface area (Å²) >= 11 is 0. The summed E-state index contributed by atoms with van der Waals surface area (Å²) in [5.74, 6) is 0.730. The Morgan fingerprint density at radius 2 is 2.00 bits per heavy atom. The largest absolute Gasteiger partial charge is 0.229 e. The lowest BCUT2D eigenvalue weighted by Gasteiger charge is -2.05. The predicted molar refractivity (Wildman–Crippen MR) is 46.7 cm³/mol. The summed E-state index contributed by atoms with van der Waals surface area (Å²) in [4.78, 5) is 0. The number of rotatable bonds is 5. The van der Waals surface area contributed by atoms with Gasteiger partial charge < -0.3 is 0 Å². The molecular formula is C7H17NO2S. The van der Waals surface area contributed by atoms with Gasteiger partial charge in [0.2, 0.25) is 10.0 Å². The third-order valence-electron chi connectivity index (χ3n) is 1.82. The Morgan fingerprint density at radius 1 is 1.45 bits per heavy atom. The zero-order valence-electron chi connectivity index (χ0n) is 7.21. The molecule has 1 unspecified atom stereocenters. The average Bonchev–Trinajstić information content (AvgIpc) is 1.85. The Balaban J connectivity index is 3.43. The predicted octanol–water partition coefficient (Wildman–Crippen LogP) is 1.10. The Labute approximate surface area is 69.0 Å². The molecule has 0 radical (unpaired) electrons. The SMILES string of the molecule is CCC(C)CCCS(N)(=O)=O. The van der Waals surface area contributed by atoms with Gasteiger partial charge in [0.15, 0.2) is 0 Å². The molecule has 0 rings (SSSR count). The lowest BCUT2D eigenvalue weighted by atomic mass is 10.0. The molecule has 68 valence electrons. The number of primary sulfonamides is 1. The van der Waals surface area contributed by atoms with E-state index in [-0.39, 0.29) is 5.75 Å². The van der Waals surface area contributed by atoms with Crippen molar-refractivity contribution in [2.24, 2.45) is 11.1 Å². The molecule has 0 bridgehead atoms. The van der Waals surface area contributed by atoms with Crippen LogP contribution in [0, 0.1) is 5.92 Å². The lowest BCUT2D eigenvalue weighted by molar-refractivity contribution is 0.506. The zero-order valence-corrected chi connectivity index (χ0v) is 8.02. The maximum Gasteiger partial charge on any atom is 0.209 e. The molecule has 0 aliphatic carbocycles. The van der Waals surface area contributed by atoms with E-state index >= 15 is 0 Å². The van der Waals surface area contributed by atoms with E-state index in [1.54, 1.807) is 0 Å². The van der Waals surface area contributed by atoms with E-state index < -0.39 is 10.0 Å². The number of sulfonamides is 1. The fourth-order valence-corrected chi connectivity index (χ4v) is 1.41. The average molecular weight is 179 g/mol. The maximum absolute atomic E-state index is 10.5. The molecule has 2 N–H and O–H groups in total. The normalized spacial score (nSPS) is 14.8. The number of hydrogen-bond acceptors (Lipinski definition) is 2. The summed E-state index contributed by atoms with van der Waals surface area (Å²) in [6.45, 7) is 4.21. The van der Waals surface area contributed by atoms with Crippen LogP contribution in [-0.2, 0) is 10.0 Å². The van der Waals surface area contributed by atoms with Crippen molar-refractivity contribution in [2.75, 3.05) is 5.75 Å². The van der Waals surface area contributed by atoms with E-state index in [1.807, 2.05) is 0 Å². The van der Waals surface area contributed by atoms with Crippen LogP contribution in [0.4, 0.5) is 0 Å². The van der Waals surface area contributed by atoms with E-state index in [9.17, 15) is 8.42 Å². The molecule has 3 nitrogen and oxygen atoms in total. The van der Waals surface area contributed by atoms with Crippen LogP contribution in [0.1, 0.15) is 33.1 Å². The smallest absolute Gasteiger partial charge is 0.209 e. The van der Waals surface area contributed by atoms with Crippen LogP contribution in [0.2, 0.25) is 0 Å². The van der Waals surface area contributed by atoms with Crippen molar-refractivity contribution < 1.29 is 8.42 Å². The van der Waals surface area contributed by atoms with Crippen LogP contribution in [0.25, 0.3) is 0 Å². The molecule has 11 heavy (non-hydrogen) atoms. The highest BCUT2D eigenvalue weighted by Gasteiger charge is 2.04. The van der Waals surface area contributed by atoms with Crippen LogP contribution >= 0.6 is 0 Å². The third-order valence-corrected chi connectivity index (χ3v) is 2.68. The maximum atomic E-state index is 10.5. The van der Waals surface area contributed by atoms with Crippen molar-refractivity contribution in [3.8, 4) is 0 Å². The Hall–Kier alpha value is -0.0900. The van der Waals surface area contributed by atoms with Crippen LogP contribution in [0.3, 0.4) is 0 Å². The summed E-state index contributed by atoms with van der Waals surface area (Å²) < 4.78 is 21.0. The second kappa shape index (κ2) is 4.72. The molecule has 0 saturated heterocycles. The minimum atomic E-state index is -3.23. The minimum Gasteiger partial charge on any atom is -0.229 e. The Kier molecular flexibility index (Phi) is 4.68. The first kappa shape index (κ1) is 10.9. The van der Waals surface area contributed by atoms with E-state index in [4.69, 9.17) is 5.14 Å². The molecule has 4 heteroatoms. The summed E-state index contributed by atoms with van der Waals surface area (Å²) in [6, 6.07) is 0. The van der Waals surface area contributed by atoms with Crippen LogP contribution in [0.15, 0.2) is 0 Å². The van der Waals surface area contributed by atoms with Gasteiger partial charge in [-0.25, -0.2) is 13.6 Å². The molecule has 0 heterocycles. The van der Waals surface area contributed by atoms with Gasteiger partial charge in [-0.1, -0.05) is 20.3 Å². The highest BCUT2D eigenvalue weighted by molar-refractivity contribution is 7.89. The highest BCUT2D eigenvalue weighted by atomic mass is 32.2. The fraction of sp³-hybridized carbons (Fsp3) is 1.00. The van der Waals surface area contributed by atoms with Crippen LogP contribution in [-0.4, -0.2) is 14.2 Å². The van der Waals surface area contributed by atoms with E-state index in [0.717, 1.165) is 12.8 Å². The molecule has 0 aromatic carbocycles. The Morgan fingerprint density at radius 3 is 2.36 bits per heavy atom. The number of nitrogens with two attached hydrogens (primary N) is 1. The lowest BCUT2D eigenvalue weighted by Crippen LogP contribution is -2.16. The van der Waals surface area contributed by atoms with Crippen molar-refractivity contribution in [1.82, 2.24) is 0 Å². The molecule has 0 aromatic heterocycles. The first-order valence-corrected chi connectivity index (χ1v) is 5.67. The standard InChI is InChI=1S/C7H17NO2S/c1-3-7(2)5-4-6-11(8,9)10/h7H,3-6H2,1-2H3,(H2,8,9,10). The van der Waals surface area contributed by atoms with E-state index in [2.05, 4.69) is 13.8 Å². The number of hydrogen-bond donors (Lipinski definition) is 1. The van der Waals surface area contributed by atoms with Crippen molar-refractivity contribution in [3.05, 3.63) is 0 Å². The second-order valence-corrected chi connectivity index (χ2v) is 4.76. The summed E-state index contributed by atoms with van der Waals surface area (Å²) in [6.07, 6.45) is 2.74. The third kappa shape index (κ3) is 7.81. The minimum absolute atomic E-state index is 0.122. The summed E-state index contributed by atoms with van der Waals surface area (Å²) in [5.41, 5.74) is 0. The molecular weight excluding hydrogens is 162 g/mol. The first-order valence-electron chi connectivity index (χ1n) is 3.96. The summed E-state index contributed by atoms with van der Waals surface area (Å²) in [7, 11) is -3.23. The molecule has 0 amide bonds.